The number of halogens is 1. The van der Waals surface area contributed by atoms with Gasteiger partial charge in [0.25, 0.3) is 0 Å². The summed E-state index contributed by atoms with van der Waals surface area (Å²) in [5.41, 5.74) is 2.52. The highest BCUT2D eigenvalue weighted by Crippen LogP contribution is 2.22. The molecule has 1 aromatic carbocycles. The molecule has 94 valence electrons. The normalized spacial score (nSPS) is 17.8. The Morgan fingerprint density at radius 1 is 1.18 bits per heavy atom. The number of hydrogen-bond acceptors (Lipinski definition) is 2. The third kappa shape index (κ3) is 3.14. The molecule has 0 amide bonds. The van der Waals surface area contributed by atoms with Crippen molar-refractivity contribution in [2.45, 2.75) is 24.8 Å². The summed E-state index contributed by atoms with van der Waals surface area (Å²) < 4.78 is 0. The lowest BCUT2D eigenvalue weighted by atomic mass is 10.0. The van der Waals surface area contributed by atoms with Gasteiger partial charge in [0.2, 0.25) is 0 Å². The van der Waals surface area contributed by atoms with Crippen LogP contribution in [-0.2, 0) is 5.88 Å². The van der Waals surface area contributed by atoms with E-state index >= 15 is 0 Å². The number of anilines is 1. The van der Waals surface area contributed by atoms with Crippen LogP contribution < -0.4 is 4.90 Å². The van der Waals surface area contributed by atoms with Crippen molar-refractivity contribution < 1.29 is 0 Å². The Kier molecular flexibility index (Phi) is 4.30. The van der Waals surface area contributed by atoms with Gasteiger partial charge in [0.15, 0.2) is 0 Å². The van der Waals surface area contributed by atoms with Gasteiger partial charge < -0.3 is 9.80 Å². The molecule has 1 aromatic rings. The molecule has 0 radical (unpaired) electrons. The van der Waals surface area contributed by atoms with Crippen LogP contribution in [0.3, 0.4) is 0 Å². The molecule has 0 aliphatic carbocycles. The molecule has 2 nitrogen and oxygen atoms in total. The maximum absolute atomic E-state index is 5.80. The van der Waals surface area contributed by atoms with Crippen LogP contribution in [0, 0.1) is 0 Å². The summed E-state index contributed by atoms with van der Waals surface area (Å²) in [4.78, 5) is 4.81. The Morgan fingerprint density at radius 2 is 1.76 bits per heavy atom. The number of piperidine rings is 1. The van der Waals surface area contributed by atoms with Crippen molar-refractivity contribution in [2.75, 3.05) is 32.1 Å². The van der Waals surface area contributed by atoms with E-state index in [0.717, 1.165) is 19.1 Å². The molecule has 1 heterocycles. The lowest BCUT2D eigenvalue weighted by molar-refractivity contribution is 0.249. The van der Waals surface area contributed by atoms with Crippen molar-refractivity contribution in [3.63, 3.8) is 0 Å². The standard InChI is InChI=1S/C14H21ClN2/c1-16(2)13-7-9-17(10-8-13)14-5-3-12(11-15)4-6-14/h3-6,13H,7-11H2,1-2H3. The van der Waals surface area contributed by atoms with Gasteiger partial charge in [0.05, 0.1) is 0 Å². The highest BCUT2D eigenvalue weighted by Gasteiger charge is 2.20. The van der Waals surface area contributed by atoms with Crippen molar-refractivity contribution in [3.8, 4) is 0 Å². The quantitative estimate of drug-likeness (QED) is 0.764. The van der Waals surface area contributed by atoms with Crippen LogP contribution in [0.2, 0.25) is 0 Å². The molecule has 0 saturated carbocycles. The van der Waals surface area contributed by atoms with E-state index in [1.54, 1.807) is 0 Å². The molecular weight excluding hydrogens is 232 g/mol. The minimum Gasteiger partial charge on any atom is -0.371 e. The minimum atomic E-state index is 0.600. The van der Waals surface area contributed by atoms with E-state index in [4.69, 9.17) is 11.6 Å². The first-order valence-corrected chi connectivity index (χ1v) is 6.80. The van der Waals surface area contributed by atoms with Crippen LogP contribution in [0.25, 0.3) is 0 Å². The first-order valence-electron chi connectivity index (χ1n) is 6.27. The number of nitrogens with zero attached hydrogens (tertiary/aromatic N) is 2. The van der Waals surface area contributed by atoms with Gasteiger partial charge in [-0.3, -0.25) is 0 Å². The van der Waals surface area contributed by atoms with Gasteiger partial charge in [-0.25, -0.2) is 0 Å². The van der Waals surface area contributed by atoms with E-state index in [-0.39, 0.29) is 0 Å². The molecule has 3 heteroatoms. The van der Waals surface area contributed by atoms with Crippen molar-refractivity contribution in [2.24, 2.45) is 0 Å². The summed E-state index contributed by atoms with van der Waals surface area (Å²) in [5, 5.41) is 0. The first kappa shape index (κ1) is 12.7. The Balaban J connectivity index is 1.95. The summed E-state index contributed by atoms with van der Waals surface area (Å²) in [6.07, 6.45) is 2.51. The Labute approximate surface area is 109 Å². The largest absolute Gasteiger partial charge is 0.371 e. The summed E-state index contributed by atoms with van der Waals surface area (Å²) in [7, 11) is 4.35. The zero-order valence-corrected chi connectivity index (χ0v) is 11.5. The Morgan fingerprint density at radius 3 is 2.24 bits per heavy atom. The third-order valence-corrected chi connectivity index (χ3v) is 3.96. The second kappa shape index (κ2) is 5.74. The fourth-order valence-electron chi connectivity index (χ4n) is 2.44. The molecule has 0 atom stereocenters. The number of rotatable bonds is 3. The monoisotopic (exact) mass is 252 g/mol. The molecule has 1 aliphatic rings. The zero-order valence-electron chi connectivity index (χ0n) is 10.7. The molecule has 0 spiro atoms. The van der Waals surface area contributed by atoms with Gasteiger partial charge in [0.1, 0.15) is 0 Å². The van der Waals surface area contributed by atoms with Crippen LogP contribution in [0.4, 0.5) is 5.69 Å². The van der Waals surface area contributed by atoms with Gasteiger partial charge in [0, 0.05) is 30.7 Å². The average molecular weight is 253 g/mol. The second-order valence-corrected chi connectivity index (χ2v) is 5.25. The minimum absolute atomic E-state index is 0.600. The molecule has 0 bridgehead atoms. The summed E-state index contributed by atoms with van der Waals surface area (Å²) in [6, 6.07) is 9.37. The van der Waals surface area contributed by atoms with E-state index < -0.39 is 0 Å². The van der Waals surface area contributed by atoms with Crippen molar-refractivity contribution in [3.05, 3.63) is 29.8 Å². The molecule has 1 saturated heterocycles. The Hall–Kier alpha value is -0.730. The maximum atomic E-state index is 5.80. The molecular formula is C14H21ClN2. The molecule has 0 aromatic heterocycles. The maximum Gasteiger partial charge on any atom is 0.0474 e. The molecule has 1 fully saturated rings. The van der Waals surface area contributed by atoms with Crippen LogP contribution in [0.5, 0.6) is 0 Å². The number of alkyl halides is 1. The van der Waals surface area contributed by atoms with Crippen LogP contribution in [-0.4, -0.2) is 38.1 Å². The number of benzene rings is 1. The highest BCUT2D eigenvalue weighted by molar-refractivity contribution is 6.17. The molecule has 1 aliphatic heterocycles. The average Bonchev–Trinajstić information content (AvgIpc) is 2.39. The topological polar surface area (TPSA) is 6.48 Å². The van der Waals surface area contributed by atoms with Crippen LogP contribution in [0.1, 0.15) is 18.4 Å². The number of hydrogen-bond donors (Lipinski definition) is 0. The molecule has 2 rings (SSSR count). The van der Waals surface area contributed by atoms with Crippen molar-refractivity contribution in [1.82, 2.24) is 4.90 Å². The van der Waals surface area contributed by atoms with E-state index in [1.165, 1.54) is 24.1 Å². The van der Waals surface area contributed by atoms with E-state index in [2.05, 4.69) is 48.2 Å². The van der Waals surface area contributed by atoms with Crippen molar-refractivity contribution >= 4 is 17.3 Å². The third-order valence-electron chi connectivity index (χ3n) is 3.65. The lowest BCUT2D eigenvalue weighted by Crippen LogP contribution is -2.41. The fourth-order valence-corrected chi connectivity index (χ4v) is 2.61. The fraction of sp³-hybridized carbons (Fsp3) is 0.571. The van der Waals surface area contributed by atoms with Crippen LogP contribution >= 0.6 is 11.6 Å². The molecule has 17 heavy (non-hydrogen) atoms. The lowest BCUT2D eigenvalue weighted by Gasteiger charge is -2.36. The predicted molar refractivity (Wildman–Crippen MR) is 74.9 cm³/mol. The van der Waals surface area contributed by atoms with Crippen LogP contribution in [0.15, 0.2) is 24.3 Å². The smallest absolute Gasteiger partial charge is 0.0474 e. The predicted octanol–water partition coefficient (Wildman–Crippen LogP) is 2.96. The first-order chi connectivity index (χ1) is 8.20. The Bertz CT molecular complexity index is 340. The van der Waals surface area contributed by atoms with E-state index in [0.29, 0.717) is 5.88 Å². The highest BCUT2D eigenvalue weighted by atomic mass is 35.5. The SMILES string of the molecule is CN(C)C1CCN(c2ccc(CCl)cc2)CC1. The summed E-state index contributed by atoms with van der Waals surface area (Å²) >= 11 is 5.80. The van der Waals surface area contributed by atoms with Gasteiger partial charge in [-0.05, 0) is 44.6 Å². The molecule has 0 N–H and O–H groups in total. The van der Waals surface area contributed by atoms with Gasteiger partial charge in [-0.2, -0.15) is 0 Å². The van der Waals surface area contributed by atoms with Gasteiger partial charge >= 0.3 is 0 Å². The van der Waals surface area contributed by atoms with Gasteiger partial charge in [-0.15, -0.1) is 11.6 Å². The van der Waals surface area contributed by atoms with E-state index in [1.807, 2.05) is 0 Å². The van der Waals surface area contributed by atoms with E-state index in [9.17, 15) is 0 Å². The van der Waals surface area contributed by atoms with Crippen molar-refractivity contribution in [1.29, 1.82) is 0 Å². The summed E-state index contributed by atoms with van der Waals surface area (Å²) in [5.74, 6) is 0.600. The second-order valence-electron chi connectivity index (χ2n) is 4.98. The molecule has 0 unspecified atom stereocenters. The van der Waals surface area contributed by atoms with Gasteiger partial charge in [-0.1, -0.05) is 12.1 Å². The summed E-state index contributed by atoms with van der Waals surface area (Å²) in [6.45, 7) is 2.31. The zero-order chi connectivity index (χ0) is 12.3.